The molecule has 3 rings (SSSR count). The van der Waals surface area contributed by atoms with Gasteiger partial charge in [0.25, 0.3) is 0 Å². The zero-order chi connectivity index (χ0) is 20.3. The van der Waals surface area contributed by atoms with E-state index in [9.17, 15) is 9.59 Å². The summed E-state index contributed by atoms with van der Waals surface area (Å²) in [6.07, 6.45) is 2.06. The van der Waals surface area contributed by atoms with Crippen LogP contribution in [0, 0.1) is 0 Å². The highest BCUT2D eigenvalue weighted by Crippen LogP contribution is 2.40. The molecule has 0 radical (unpaired) electrons. The summed E-state index contributed by atoms with van der Waals surface area (Å²) >= 11 is 0. The van der Waals surface area contributed by atoms with E-state index in [0.717, 1.165) is 24.1 Å². The van der Waals surface area contributed by atoms with Gasteiger partial charge in [0, 0.05) is 11.2 Å². The molecule has 2 unspecified atom stereocenters. The molecule has 0 saturated carbocycles. The topological polar surface area (TPSA) is 49.4 Å². The van der Waals surface area contributed by atoms with Gasteiger partial charge in [0.05, 0.1) is 5.92 Å². The van der Waals surface area contributed by atoms with Crippen LogP contribution in [-0.2, 0) is 16.0 Å². The van der Waals surface area contributed by atoms with Crippen molar-refractivity contribution in [2.24, 2.45) is 0 Å². The molecule has 28 heavy (non-hydrogen) atoms. The van der Waals surface area contributed by atoms with E-state index in [0.29, 0.717) is 6.42 Å². The minimum Gasteiger partial charge on any atom is -0.350 e. The molecule has 1 aliphatic rings. The van der Waals surface area contributed by atoms with E-state index >= 15 is 0 Å². The number of hydrogen-bond donors (Lipinski definition) is 1. The summed E-state index contributed by atoms with van der Waals surface area (Å²) in [4.78, 5) is 28.2. The summed E-state index contributed by atoms with van der Waals surface area (Å²) in [7, 11) is 0. The van der Waals surface area contributed by atoms with Crippen LogP contribution in [0.2, 0.25) is 0 Å². The Morgan fingerprint density at radius 1 is 1.07 bits per heavy atom. The lowest BCUT2D eigenvalue weighted by atomic mass is 9.98. The van der Waals surface area contributed by atoms with Crippen molar-refractivity contribution >= 4 is 17.5 Å². The van der Waals surface area contributed by atoms with E-state index in [1.54, 1.807) is 4.90 Å². The van der Waals surface area contributed by atoms with E-state index < -0.39 is 6.04 Å². The van der Waals surface area contributed by atoms with Gasteiger partial charge in [0.15, 0.2) is 0 Å². The lowest BCUT2D eigenvalue weighted by Crippen LogP contribution is -2.53. The van der Waals surface area contributed by atoms with E-state index in [2.05, 4.69) is 17.4 Å². The molecular formula is C24H30N2O2. The highest BCUT2D eigenvalue weighted by molar-refractivity contribution is 6.09. The molecule has 2 aromatic carbocycles. The Labute approximate surface area is 167 Å². The number of nitrogens with one attached hydrogen (secondary N) is 1. The van der Waals surface area contributed by atoms with Crippen LogP contribution in [0.25, 0.3) is 0 Å². The number of benzene rings is 2. The largest absolute Gasteiger partial charge is 0.350 e. The molecule has 2 atom stereocenters. The van der Waals surface area contributed by atoms with E-state index in [4.69, 9.17) is 0 Å². The first-order valence-corrected chi connectivity index (χ1v) is 10.1. The van der Waals surface area contributed by atoms with Crippen LogP contribution >= 0.6 is 0 Å². The number of carbonyl (C=O) groups excluding carboxylic acids is 2. The van der Waals surface area contributed by atoms with Gasteiger partial charge in [-0.05, 0) is 57.2 Å². The van der Waals surface area contributed by atoms with Crippen molar-refractivity contribution in [1.29, 1.82) is 0 Å². The maximum atomic E-state index is 13.3. The maximum absolute atomic E-state index is 13.3. The molecular weight excluding hydrogens is 348 g/mol. The number of fused-ring (bicyclic) bond motifs is 1. The number of anilines is 1. The normalized spacial score (nSPS) is 17.4. The number of para-hydroxylation sites is 1. The number of carbonyl (C=O) groups is 2. The smallest absolute Gasteiger partial charge is 0.243 e. The monoisotopic (exact) mass is 378 g/mol. The summed E-state index contributed by atoms with van der Waals surface area (Å²) in [5.74, 6) is -0.230. The lowest BCUT2D eigenvalue weighted by Gasteiger charge is -2.31. The van der Waals surface area contributed by atoms with Gasteiger partial charge in [-0.1, -0.05) is 55.5 Å². The van der Waals surface area contributed by atoms with Crippen LogP contribution in [0.5, 0.6) is 0 Å². The zero-order valence-electron chi connectivity index (χ0n) is 17.2. The first-order chi connectivity index (χ1) is 13.3. The lowest BCUT2D eigenvalue weighted by molar-refractivity contribution is -0.127. The molecule has 0 fully saturated rings. The van der Waals surface area contributed by atoms with E-state index in [1.165, 1.54) is 5.56 Å². The number of amides is 2. The van der Waals surface area contributed by atoms with Crippen molar-refractivity contribution in [2.75, 3.05) is 4.90 Å². The predicted octanol–water partition coefficient (Wildman–Crippen LogP) is 4.44. The third-order valence-electron chi connectivity index (χ3n) is 5.18. The Hall–Kier alpha value is -2.62. The Morgan fingerprint density at radius 3 is 2.36 bits per heavy atom. The molecule has 4 heteroatoms. The van der Waals surface area contributed by atoms with Crippen molar-refractivity contribution in [3.63, 3.8) is 0 Å². The standard InChI is InChI=1S/C24H30N2O2/c1-5-18-19-13-9-10-14-20(19)26(23(18)28)21(22(27)25-24(2,3)4)16-15-17-11-7-6-8-12-17/h6-14,18,21H,5,15-16H2,1-4H3,(H,25,27). The Kier molecular flexibility index (Phi) is 5.87. The van der Waals surface area contributed by atoms with Gasteiger partial charge >= 0.3 is 0 Å². The quantitative estimate of drug-likeness (QED) is 0.808. The molecule has 1 heterocycles. The second kappa shape index (κ2) is 8.17. The number of rotatable bonds is 6. The van der Waals surface area contributed by atoms with Crippen molar-refractivity contribution in [3.05, 3.63) is 65.7 Å². The minimum absolute atomic E-state index is 0.0332. The molecule has 1 aliphatic heterocycles. The van der Waals surface area contributed by atoms with Crippen molar-refractivity contribution < 1.29 is 9.59 Å². The molecule has 2 aromatic rings. The third kappa shape index (κ3) is 4.27. The predicted molar refractivity (Wildman–Crippen MR) is 113 cm³/mol. The number of nitrogens with zero attached hydrogens (tertiary/aromatic N) is 1. The van der Waals surface area contributed by atoms with Gasteiger partial charge in [-0.25, -0.2) is 0 Å². The van der Waals surface area contributed by atoms with Crippen LogP contribution < -0.4 is 10.2 Å². The highest BCUT2D eigenvalue weighted by atomic mass is 16.2. The van der Waals surface area contributed by atoms with Crippen LogP contribution in [0.15, 0.2) is 54.6 Å². The van der Waals surface area contributed by atoms with Gasteiger partial charge in [-0.3, -0.25) is 14.5 Å². The molecule has 2 amide bonds. The second-order valence-corrected chi connectivity index (χ2v) is 8.51. The SMILES string of the molecule is CCC1C(=O)N(C(CCc2ccccc2)C(=O)NC(C)(C)C)c2ccccc21. The van der Waals surface area contributed by atoms with Crippen molar-refractivity contribution in [2.45, 2.75) is 64.5 Å². The Morgan fingerprint density at radius 2 is 1.71 bits per heavy atom. The molecule has 0 spiro atoms. The van der Waals surface area contributed by atoms with Crippen molar-refractivity contribution in [1.82, 2.24) is 5.32 Å². The molecule has 0 bridgehead atoms. The second-order valence-electron chi connectivity index (χ2n) is 8.51. The summed E-state index contributed by atoms with van der Waals surface area (Å²) in [5, 5.41) is 3.08. The Balaban J connectivity index is 1.93. The van der Waals surface area contributed by atoms with E-state index in [1.807, 2.05) is 70.2 Å². The summed E-state index contributed by atoms with van der Waals surface area (Å²) in [6.45, 7) is 7.92. The highest BCUT2D eigenvalue weighted by Gasteiger charge is 2.42. The summed E-state index contributed by atoms with van der Waals surface area (Å²) in [6, 6.07) is 17.5. The fraction of sp³-hybridized carbons (Fsp3) is 0.417. The average Bonchev–Trinajstić information content (AvgIpc) is 2.93. The van der Waals surface area contributed by atoms with Crippen molar-refractivity contribution in [3.8, 4) is 0 Å². The fourth-order valence-electron chi connectivity index (χ4n) is 3.92. The summed E-state index contributed by atoms with van der Waals surface area (Å²) in [5.41, 5.74) is 2.72. The zero-order valence-corrected chi connectivity index (χ0v) is 17.2. The van der Waals surface area contributed by atoms with Gasteiger partial charge in [0.2, 0.25) is 11.8 Å². The molecule has 0 aromatic heterocycles. The van der Waals surface area contributed by atoms with Gasteiger partial charge in [-0.15, -0.1) is 0 Å². The fourth-order valence-corrected chi connectivity index (χ4v) is 3.92. The van der Waals surface area contributed by atoms with Crippen LogP contribution in [0.4, 0.5) is 5.69 Å². The van der Waals surface area contributed by atoms with Crippen LogP contribution in [0.1, 0.15) is 57.6 Å². The van der Waals surface area contributed by atoms with E-state index in [-0.39, 0.29) is 23.3 Å². The third-order valence-corrected chi connectivity index (χ3v) is 5.18. The molecule has 148 valence electrons. The van der Waals surface area contributed by atoms with Crippen LogP contribution in [0.3, 0.4) is 0 Å². The number of hydrogen-bond acceptors (Lipinski definition) is 2. The maximum Gasteiger partial charge on any atom is 0.243 e. The molecule has 0 aliphatic carbocycles. The first-order valence-electron chi connectivity index (χ1n) is 10.1. The van der Waals surface area contributed by atoms with Crippen LogP contribution in [-0.4, -0.2) is 23.4 Å². The Bertz CT molecular complexity index is 839. The molecule has 4 nitrogen and oxygen atoms in total. The minimum atomic E-state index is -0.523. The average molecular weight is 379 g/mol. The first kappa shape index (κ1) is 20.1. The summed E-state index contributed by atoms with van der Waals surface area (Å²) < 4.78 is 0. The van der Waals surface area contributed by atoms with Gasteiger partial charge in [-0.2, -0.15) is 0 Å². The number of aryl methyl sites for hydroxylation is 1. The molecule has 0 saturated heterocycles. The van der Waals surface area contributed by atoms with Gasteiger partial charge < -0.3 is 5.32 Å². The van der Waals surface area contributed by atoms with Gasteiger partial charge in [0.1, 0.15) is 6.04 Å². The molecule has 1 N–H and O–H groups in total.